The van der Waals surface area contributed by atoms with Crippen molar-refractivity contribution in [3.8, 4) is 5.75 Å². The van der Waals surface area contributed by atoms with Crippen molar-refractivity contribution in [2.75, 3.05) is 0 Å². The first-order valence-electron chi connectivity index (χ1n) is 7.68. The quantitative estimate of drug-likeness (QED) is 0.697. The van der Waals surface area contributed by atoms with Crippen LogP contribution in [0.5, 0.6) is 5.75 Å². The van der Waals surface area contributed by atoms with Gasteiger partial charge in [0.15, 0.2) is 0 Å². The van der Waals surface area contributed by atoms with Crippen LogP contribution in [0.25, 0.3) is 12.2 Å². The first-order chi connectivity index (χ1) is 10.1. The molecular weight excluding hydrogens is 288 g/mol. The molecule has 0 unspecified atom stereocenters. The van der Waals surface area contributed by atoms with Crippen molar-refractivity contribution in [2.24, 2.45) is 0 Å². The fourth-order valence-electron chi connectivity index (χ4n) is 2.46. The molecule has 2 rings (SSSR count). The van der Waals surface area contributed by atoms with Crippen LogP contribution >= 0.6 is 11.3 Å². The number of hydrogen-bond acceptors (Lipinski definition) is 2. The zero-order valence-corrected chi connectivity index (χ0v) is 15.2. The van der Waals surface area contributed by atoms with E-state index in [1.807, 2.05) is 0 Å². The second kappa shape index (κ2) is 5.92. The summed E-state index contributed by atoms with van der Waals surface area (Å²) < 4.78 is 0. The first-order valence-corrected chi connectivity index (χ1v) is 8.56. The minimum absolute atomic E-state index is 0.0864. The SMILES string of the molecule is CC(C)(C)c1cc(/C=C/c2cccs2)cc(C(C)(C)C)c1O. The Morgan fingerprint density at radius 2 is 1.45 bits per heavy atom. The molecule has 2 aromatic rings. The van der Waals surface area contributed by atoms with Gasteiger partial charge in [-0.3, -0.25) is 0 Å². The van der Waals surface area contributed by atoms with Gasteiger partial charge in [0.1, 0.15) is 5.75 Å². The molecule has 1 heterocycles. The summed E-state index contributed by atoms with van der Waals surface area (Å²) in [6.07, 6.45) is 4.27. The van der Waals surface area contributed by atoms with Crippen molar-refractivity contribution in [1.29, 1.82) is 0 Å². The predicted molar refractivity (Wildman–Crippen MR) is 98.8 cm³/mol. The Morgan fingerprint density at radius 3 is 1.86 bits per heavy atom. The third-order valence-electron chi connectivity index (χ3n) is 3.73. The Bertz CT molecular complexity index is 630. The van der Waals surface area contributed by atoms with Crippen LogP contribution in [0.1, 0.15) is 63.1 Å². The van der Waals surface area contributed by atoms with Gasteiger partial charge in [0.2, 0.25) is 0 Å². The van der Waals surface area contributed by atoms with E-state index in [1.54, 1.807) is 11.3 Å². The summed E-state index contributed by atoms with van der Waals surface area (Å²) >= 11 is 1.73. The van der Waals surface area contributed by atoms with Crippen LogP contribution in [0.4, 0.5) is 0 Å². The minimum atomic E-state index is -0.0864. The Hall–Kier alpha value is -1.54. The van der Waals surface area contributed by atoms with Gasteiger partial charge in [-0.15, -0.1) is 11.3 Å². The first kappa shape index (κ1) is 16.8. The molecule has 0 fully saturated rings. The van der Waals surface area contributed by atoms with E-state index >= 15 is 0 Å². The Labute approximate surface area is 138 Å². The van der Waals surface area contributed by atoms with Gasteiger partial charge in [0.05, 0.1) is 0 Å². The van der Waals surface area contributed by atoms with Crippen molar-refractivity contribution in [1.82, 2.24) is 0 Å². The summed E-state index contributed by atoms with van der Waals surface area (Å²) in [5.41, 5.74) is 2.98. The van der Waals surface area contributed by atoms with Crippen LogP contribution < -0.4 is 0 Å². The van der Waals surface area contributed by atoms with Gasteiger partial charge in [-0.25, -0.2) is 0 Å². The highest BCUT2D eigenvalue weighted by molar-refractivity contribution is 7.10. The average molecular weight is 314 g/mol. The smallest absolute Gasteiger partial charge is 0.123 e. The minimum Gasteiger partial charge on any atom is -0.507 e. The van der Waals surface area contributed by atoms with Gasteiger partial charge in [-0.2, -0.15) is 0 Å². The maximum Gasteiger partial charge on any atom is 0.123 e. The van der Waals surface area contributed by atoms with Gasteiger partial charge in [0, 0.05) is 16.0 Å². The van der Waals surface area contributed by atoms with E-state index in [4.69, 9.17) is 0 Å². The lowest BCUT2D eigenvalue weighted by atomic mass is 9.78. The summed E-state index contributed by atoms with van der Waals surface area (Å²) in [7, 11) is 0. The van der Waals surface area contributed by atoms with Crippen molar-refractivity contribution in [3.05, 3.63) is 51.2 Å². The number of aromatic hydroxyl groups is 1. The number of phenolic OH excluding ortho intramolecular Hbond substituents is 1. The van der Waals surface area contributed by atoms with Crippen LogP contribution in [0.3, 0.4) is 0 Å². The number of thiophene rings is 1. The van der Waals surface area contributed by atoms with Crippen molar-refractivity contribution < 1.29 is 5.11 Å². The van der Waals surface area contributed by atoms with E-state index in [-0.39, 0.29) is 10.8 Å². The number of benzene rings is 1. The highest BCUT2D eigenvalue weighted by atomic mass is 32.1. The highest BCUT2D eigenvalue weighted by Gasteiger charge is 2.26. The number of rotatable bonds is 2. The lowest BCUT2D eigenvalue weighted by Crippen LogP contribution is -2.17. The van der Waals surface area contributed by atoms with E-state index < -0.39 is 0 Å². The molecule has 22 heavy (non-hydrogen) atoms. The van der Waals surface area contributed by atoms with Crippen LogP contribution in [-0.4, -0.2) is 5.11 Å². The molecule has 0 bridgehead atoms. The Morgan fingerprint density at radius 1 is 0.909 bits per heavy atom. The predicted octanol–water partition coefficient (Wildman–Crippen LogP) is 6.22. The molecule has 1 nitrogen and oxygen atoms in total. The molecule has 2 heteroatoms. The maximum atomic E-state index is 10.7. The van der Waals surface area contributed by atoms with Crippen LogP contribution in [0, 0.1) is 0 Å². The zero-order valence-electron chi connectivity index (χ0n) is 14.4. The van der Waals surface area contributed by atoms with Gasteiger partial charge in [-0.05, 0) is 46.0 Å². The fraction of sp³-hybridized carbons (Fsp3) is 0.400. The van der Waals surface area contributed by atoms with Crippen molar-refractivity contribution in [2.45, 2.75) is 52.4 Å². The molecule has 0 spiro atoms. The Balaban J connectivity index is 2.55. The summed E-state index contributed by atoms with van der Waals surface area (Å²) in [6.45, 7) is 12.8. The molecule has 0 saturated heterocycles. The average Bonchev–Trinajstić information content (AvgIpc) is 2.87. The van der Waals surface area contributed by atoms with Gasteiger partial charge in [-0.1, -0.05) is 53.7 Å². The molecule has 0 aliphatic rings. The normalized spacial score (nSPS) is 13.0. The topological polar surface area (TPSA) is 20.2 Å². The lowest BCUT2D eigenvalue weighted by Gasteiger charge is -2.27. The van der Waals surface area contributed by atoms with Crippen molar-refractivity contribution >= 4 is 23.5 Å². The molecule has 1 aromatic carbocycles. The summed E-state index contributed by atoms with van der Waals surface area (Å²) in [5.74, 6) is 0.438. The molecule has 1 aromatic heterocycles. The van der Waals surface area contributed by atoms with Gasteiger partial charge in [0.25, 0.3) is 0 Å². The molecule has 0 radical (unpaired) electrons. The molecular formula is C20H26OS. The van der Waals surface area contributed by atoms with Crippen molar-refractivity contribution in [3.63, 3.8) is 0 Å². The van der Waals surface area contributed by atoms with E-state index in [0.29, 0.717) is 5.75 Å². The van der Waals surface area contributed by atoms with E-state index in [2.05, 4.69) is 83.3 Å². The fourth-order valence-corrected chi connectivity index (χ4v) is 3.08. The summed E-state index contributed by atoms with van der Waals surface area (Å²) in [4.78, 5) is 1.24. The lowest BCUT2D eigenvalue weighted by molar-refractivity contribution is 0.423. The third kappa shape index (κ3) is 3.80. The number of hydrogen-bond donors (Lipinski definition) is 1. The monoisotopic (exact) mass is 314 g/mol. The molecule has 1 N–H and O–H groups in total. The molecule has 0 amide bonds. The molecule has 0 atom stereocenters. The highest BCUT2D eigenvalue weighted by Crippen LogP contribution is 2.40. The molecule has 0 saturated carbocycles. The molecule has 0 aliphatic carbocycles. The van der Waals surface area contributed by atoms with Gasteiger partial charge < -0.3 is 5.11 Å². The van der Waals surface area contributed by atoms with Crippen LogP contribution in [0.15, 0.2) is 29.6 Å². The van der Waals surface area contributed by atoms with E-state index in [9.17, 15) is 5.11 Å². The van der Waals surface area contributed by atoms with Gasteiger partial charge >= 0.3 is 0 Å². The second-order valence-corrected chi connectivity index (χ2v) is 8.79. The zero-order chi connectivity index (χ0) is 16.5. The molecule has 118 valence electrons. The van der Waals surface area contributed by atoms with E-state index in [1.165, 1.54) is 4.88 Å². The maximum absolute atomic E-state index is 10.7. The third-order valence-corrected chi connectivity index (χ3v) is 4.57. The number of phenols is 1. The van der Waals surface area contributed by atoms with Crippen LogP contribution in [0.2, 0.25) is 0 Å². The largest absolute Gasteiger partial charge is 0.507 e. The van der Waals surface area contributed by atoms with E-state index in [0.717, 1.165) is 16.7 Å². The Kier molecular flexibility index (Phi) is 4.53. The summed E-state index contributed by atoms with van der Waals surface area (Å²) in [5, 5.41) is 12.8. The molecule has 0 aliphatic heterocycles. The summed E-state index contributed by atoms with van der Waals surface area (Å²) in [6, 6.07) is 8.38. The second-order valence-electron chi connectivity index (χ2n) is 7.81. The van der Waals surface area contributed by atoms with Crippen LogP contribution in [-0.2, 0) is 10.8 Å². The standard InChI is InChI=1S/C20H26OS/c1-19(2,3)16-12-14(9-10-15-8-7-11-22-15)13-17(18(16)21)20(4,5)6/h7-13,21H,1-6H3/b10-9+.